The zero-order valence-electron chi connectivity index (χ0n) is 10.9. The summed E-state index contributed by atoms with van der Waals surface area (Å²) < 4.78 is 188. The minimum Gasteiger partial charge on any atom is -0.423 e. The van der Waals surface area contributed by atoms with Crippen LogP contribution in [0.3, 0.4) is 0 Å². The van der Waals surface area contributed by atoms with Crippen LogP contribution in [0.2, 0.25) is 0 Å². The van der Waals surface area contributed by atoms with Gasteiger partial charge in [-0.25, -0.2) is 16.8 Å². The molecule has 0 aromatic heterocycles. The average Bonchev–Trinajstić information content (AvgIpc) is 2.23. The van der Waals surface area contributed by atoms with Crippen LogP contribution in [0.1, 0.15) is 0 Å². The third-order valence-corrected chi connectivity index (χ3v) is 4.99. The van der Waals surface area contributed by atoms with E-state index in [1.54, 1.807) is 0 Å². The van der Waals surface area contributed by atoms with Gasteiger partial charge in [0.1, 0.15) is 0 Å². The van der Waals surface area contributed by atoms with Crippen LogP contribution < -0.4 is 18.9 Å². The summed E-state index contributed by atoms with van der Waals surface area (Å²) in [4.78, 5) is 0. The predicted octanol–water partition coefficient (Wildman–Crippen LogP) is -0.0308. The molecule has 0 amide bonds. The van der Waals surface area contributed by atoms with Gasteiger partial charge in [-0.15, -0.1) is 0 Å². The molecule has 0 N–H and O–H groups in total. The first kappa shape index (κ1) is 26.8. The van der Waals surface area contributed by atoms with E-state index in [4.69, 9.17) is 0 Å². The number of rotatable bonds is 5. The number of alkyl halides is 12. The molecule has 0 fully saturated rings. The molecule has 0 heterocycles. The summed E-state index contributed by atoms with van der Waals surface area (Å²) in [7, 11) is -15.5. The largest absolute Gasteiger partial charge is 1.00 e. The number of hydrogen-bond acceptors (Lipinski definition) is 4. The van der Waals surface area contributed by atoms with E-state index in [9.17, 15) is 69.5 Å². The van der Waals surface area contributed by atoms with Gasteiger partial charge in [-0.3, -0.25) is 0 Å². The second-order valence-electron chi connectivity index (χ2n) is 3.63. The topological polar surface area (TPSA) is 82.4 Å². The van der Waals surface area contributed by atoms with Crippen molar-refractivity contribution in [3.63, 3.8) is 0 Å². The smallest absolute Gasteiger partial charge is 0.423 e. The Balaban J connectivity index is 0. The second kappa shape index (κ2) is 6.65. The molecule has 0 spiro atoms. The fourth-order valence-corrected chi connectivity index (χ4v) is 2.94. The molecule has 0 aromatic carbocycles. The summed E-state index contributed by atoms with van der Waals surface area (Å²) in [5.41, 5.74) is -6.75. The third-order valence-electron chi connectivity index (χ3n) is 1.93. The summed E-state index contributed by atoms with van der Waals surface area (Å²) in [6.45, 7) is 0. The molecule has 0 aromatic rings. The van der Waals surface area contributed by atoms with Gasteiger partial charge in [0.2, 0.25) is 0 Å². The molecule has 0 atom stereocenters. The molecule has 0 bridgehead atoms. The zero-order chi connectivity index (χ0) is 20.2. The van der Waals surface area contributed by atoms with E-state index in [0.717, 1.165) is 0 Å². The summed E-state index contributed by atoms with van der Waals surface area (Å²) in [5, 5.41) is -7.67. The van der Waals surface area contributed by atoms with E-state index in [1.165, 1.54) is 0 Å². The normalized spacial score (nSPS) is 15.7. The standard InChI is InChI=1S/C5F12NO4S2.Li/c6-1(7,3(10,11)12)2(8,9)4(13,14)23(19,20)18-24(21,22)5(15,16)17;/q-1;+1. The van der Waals surface area contributed by atoms with Gasteiger partial charge in [0.15, 0.2) is 20.0 Å². The Kier molecular flexibility index (Phi) is 7.14. The fraction of sp³-hybridized carbons (Fsp3) is 1.00. The maximum Gasteiger partial charge on any atom is 1.00 e. The quantitative estimate of drug-likeness (QED) is 0.447. The summed E-state index contributed by atoms with van der Waals surface area (Å²) in [6.07, 6.45) is -7.47. The molecule has 0 aliphatic carbocycles. The van der Waals surface area contributed by atoms with Crippen molar-refractivity contribution in [2.24, 2.45) is 0 Å². The van der Waals surface area contributed by atoms with Crippen molar-refractivity contribution in [1.29, 1.82) is 0 Å². The van der Waals surface area contributed by atoms with Crippen LogP contribution >= 0.6 is 0 Å². The number of sulfonamides is 2. The van der Waals surface area contributed by atoms with Crippen LogP contribution in [-0.4, -0.2) is 45.6 Å². The zero-order valence-corrected chi connectivity index (χ0v) is 12.6. The van der Waals surface area contributed by atoms with Crippen molar-refractivity contribution in [3.05, 3.63) is 4.13 Å². The number of nitrogens with zero attached hydrogens (tertiary/aromatic N) is 1. The fourth-order valence-electron chi connectivity index (χ4n) is 0.741. The molecule has 0 saturated heterocycles. The number of halogens is 12. The van der Waals surface area contributed by atoms with Gasteiger partial charge in [-0.2, -0.15) is 52.7 Å². The van der Waals surface area contributed by atoms with Gasteiger partial charge in [-0.05, 0) is 0 Å². The van der Waals surface area contributed by atoms with E-state index in [-0.39, 0.29) is 18.9 Å². The van der Waals surface area contributed by atoms with Crippen LogP contribution in [0.5, 0.6) is 0 Å². The van der Waals surface area contributed by atoms with Crippen molar-refractivity contribution >= 4 is 20.0 Å². The molecule has 0 aliphatic heterocycles. The van der Waals surface area contributed by atoms with E-state index in [2.05, 4.69) is 0 Å². The molecule has 25 heavy (non-hydrogen) atoms. The van der Waals surface area contributed by atoms with Gasteiger partial charge < -0.3 is 4.13 Å². The molecular weight excluding hydrogens is 437 g/mol. The Morgan fingerprint density at radius 1 is 0.560 bits per heavy atom. The Morgan fingerprint density at radius 2 is 0.880 bits per heavy atom. The maximum atomic E-state index is 12.9. The van der Waals surface area contributed by atoms with Crippen molar-refractivity contribution in [1.82, 2.24) is 0 Å². The Hall–Kier alpha value is -0.383. The molecule has 146 valence electrons. The molecule has 5 nitrogen and oxygen atoms in total. The first-order chi connectivity index (χ1) is 9.96. The predicted molar refractivity (Wildman–Crippen MR) is 48.1 cm³/mol. The van der Waals surface area contributed by atoms with E-state index in [1.807, 2.05) is 0 Å². The first-order valence-corrected chi connectivity index (χ1v) is 7.34. The SMILES string of the molecule is O=S(=O)([N-]S(=O)(=O)C(F)(F)C(F)(F)C(F)(F)C(F)(F)F)C(F)(F)F.[Li+]. The summed E-state index contributed by atoms with van der Waals surface area (Å²) in [5.74, 6) is -15.7. The van der Waals surface area contributed by atoms with Gasteiger partial charge in [-0.1, -0.05) is 0 Å². The molecule has 0 rings (SSSR count). The molecule has 0 saturated carbocycles. The van der Waals surface area contributed by atoms with Crippen LogP contribution in [0.15, 0.2) is 0 Å². The van der Waals surface area contributed by atoms with Gasteiger partial charge in [0.25, 0.3) is 0 Å². The first-order valence-electron chi connectivity index (χ1n) is 4.46. The minimum atomic E-state index is -8.05. The Bertz CT molecular complexity index is 692. The van der Waals surface area contributed by atoms with Crippen LogP contribution in [0, 0.1) is 0 Å². The van der Waals surface area contributed by atoms with Crippen molar-refractivity contribution in [2.75, 3.05) is 0 Å². The van der Waals surface area contributed by atoms with Crippen LogP contribution in [0.25, 0.3) is 4.13 Å². The van der Waals surface area contributed by atoms with Crippen molar-refractivity contribution in [3.8, 4) is 0 Å². The van der Waals surface area contributed by atoms with Gasteiger partial charge in [0, 0.05) is 0 Å². The van der Waals surface area contributed by atoms with Crippen molar-refractivity contribution < 1.29 is 88.4 Å². The molecule has 0 aliphatic rings. The number of hydrogen-bond donors (Lipinski definition) is 0. The van der Waals surface area contributed by atoms with E-state index >= 15 is 0 Å². The molecule has 20 heteroatoms. The van der Waals surface area contributed by atoms with Gasteiger partial charge in [0.05, 0.1) is 0 Å². The second-order valence-corrected chi connectivity index (χ2v) is 7.11. The monoisotopic (exact) mass is 437 g/mol. The van der Waals surface area contributed by atoms with E-state index < -0.39 is 48.8 Å². The van der Waals surface area contributed by atoms with E-state index in [0.29, 0.717) is 4.13 Å². The minimum absolute atomic E-state index is 0. The van der Waals surface area contributed by atoms with Crippen molar-refractivity contribution in [2.45, 2.75) is 28.8 Å². The molecule has 0 unspecified atom stereocenters. The Labute approximate surface area is 142 Å². The van der Waals surface area contributed by atoms with Crippen LogP contribution in [0.4, 0.5) is 52.7 Å². The summed E-state index contributed by atoms with van der Waals surface area (Å²) in [6, 6.07) is 0. The molecular formula is C5F12LiNO4S2. The molecule has 0 radical (unpaired) electrons. The third kappa shape index (κ3) is 4.31. The van der Waals surface area contributed by atoms with Gasteiger partial charge >= 0.3 is 47.6 Å². The maximum absolute atomic E-state index is 12.9. The summed E-state index contributed by atoms with van der Waals surface area (Å²) >= 11 is 0. The Morgan fingerprint density at radius 3 is 1.12 bits per heavy atom. The average molecular weight is 437 g/mol. The van der Waals surface area contributed by atoms with Crippen LogP contribution in [-0.2, 0) is 20.0 Å².